The summed E-state index contributed by atoms with van der Waals surface area (Å²) in [7, 11) is 1.68. The average Bonchev–Trinajstić information content (AvgIpc) is 2.66. The van der Waals surface area contributed by atoms with Gasteiger partial charge in [0.2, 0.25) is 0 Å². The lowest BCUT2D eigenvalue weighted by atomic mass is 9.95. The van der Waals surface area contributed by atoms with E-state index in [1.54, 1.807) is 7.11 Å². The molecule has 4 nitrogen and oxygen atoms in total. The lowest BCUT2D eigenvalue weighted by Crippen LogP contribution is -2.25. The quantitative estimate of drug-likeness (QED) is 0.620. The van der Waals surface area contributed by atoms with Gasteiger partial charge in [-0.3, -0.25) is 0 Å². The maximum atomic E-state index is 8.58. The van der Waals surface area contributed by atoms with E-state index in [2.05, 4.69) is 49.5 Å². The molecule has 0 aliphatic carbocycles. The van der Waals surface area contributed by atoms with Crippen LogP contribution in [0.3, 0.4) is 0 Å². The molecule has 0 fully saturated rings. The second-order valence-corrected chi connectivity index (χ2v) is 6.63. The highest BCUT2D eigenvalue weighted by molar-refractivity contribution is 5.31. The molecule has 1 atom stereocenters. The Balaban J connectivity index is 1.96. The van der Waals surface area contributed by atoms with Crippen molar-refractivity contribution in [2.24, 2.45) is 5.92 Å². The number of nitrogens with zero attached hydrogens (tertiary/aromatic N) is 1. The minimum absolute atomic E-state index is 0.265. The highest BCUT2D eigenvalue weighted by Gasteiger charge is 2.15. The zero-order chi connectivity index (χ0) is 18.8. The Morgan fingerprint density at radius 2 is 1.85 bits per heavy atom. The summed E-state index contributed by atoms with van der Waals surface area (Å²) in [5.74, 6) is 2.19. The minimum Gasteiger partial charge on any atom is -0.497 e. The van der Waals surface area contributed by atoms with Crippen molar-refractivity contribution in [2.75, 3.05) is 13.7 Å². The van der Waals surface area contributed by atoms with E-state index >= 15 is 0 Å². The summed E-state index contributed by atoms with van der Waals surface area (Å²) < 4.78 is 11.0. The number of hydrogen-bond acceptors (Lipinski definition) is 4. The Morgan fingerprint density at radius 1 is 1.08 bits per heavy atom. The largest absolute Gasteiger partial charge is 0.497 e. The van der Waals surface area contributed by atoms with Gasteiger partial charge in [-0.25, -0.2) is 0 Å². The summed E-state index contributed by atoms with van der Waals surface area (Å²) in [6.45, 7) is 5.78. The first-order valence-electron chi connectivity index (χ1n) is 9.10. The van der Waals surface area contributed by atoms with Crippen LogP contribution in [0.2, 0.25) is 0 Å². The van der Waals surface area contributed by atoms with Crippen molar-refractivity contribution in [1.82, 2.24) is 5.32 Å². The monoisotopic (exact) mass is 352 g/mol. The Bertz CT molecular complexity index is 705. The number of benzene rings is 2. The average molecular weight is 352 g/mol. The van der Waals surface area contributed by atoms with Gasteiger partial charge in [-0.15, -0.1) is 0 Å². The standard InChI is InChI=1S/C22H28N2O2/c1-17(2)22(19-9-11-20(25-3)12-10-19)24-16-18-7-6-8-21(15-18)26-14-5-4-13-23/h6-12,15,17,22,24H,4-5,14,16H2,1-3H3. The third-order valence-electron chi connectivity index (χ3n) is 4.27. The molecule has 26 heavy (non-hydrogen) atoms. The highest BCUT2D eigenvalue weighted by atomic mass is 16.5. The maximum Gasteiger partial charge on any atom is 0.119 e. The molecule has 0 saturated heterocycles. The van der Waals surface area contributed by atoms with Crippen molar-refractivity contribution in [1.29, 1.82) is 5.26 Å². The first-order valence-corrected chi connectivity index (χ1v) is 9.10. The van der Waals surface area contributed by atoms with Crippen LogP contribution in [-0.4, -0.2) is 13.7 Å². The number of nitrogens with one attached hydrogen (secondary N) is 1. The Morgan fingerprint density at radius 3 is 2.50 bits per heavy atom. The van der Waals surface area contributed by atoms with E-state index in [0.717, 1.165) is 24.5 Å². The van der Waals surface area contributed by atoms with Gasteiger partial charge in [0.1, 0.15) is 11.5 Å². The second-order valence-electron chi connectivity index (χ2n) is 6.63. The molecule has 1 unspecified atom stereocenters. The lowest BCUT2D eigenvalue weighted by molar-refractivity contribution is 0.312. The number of ether oxygens (including phenoxy) is 2. The number of rotatable bonds is 10. The van der Waals surface area contributed by atoms with Gasteiger partial charge in [-0.1, -0.05) is 38.1 Å². The van der Waals surface area contributed by atoms with E-state index < -0.39 is 0 Å². The van der Waals surface area contributed by atoms with Gasteiger partial charge in [-0.2, -0.15) is 5.26 Å². The van der Waals surface area contributed by atoms with Crippen LogP contribution in [0.15, 0.2) is 48.5 Å². The van der Waals surface area contributed by atoms with E-state index in [1.807, 2.05) is 24.3 Å². The molecule has 2 rings (SSSR count). The van der Waals surface area contributed by atoms with E-state index in [4.69, 9.17) is 14.7 Å². The molecule has 0 heterocycles. The van der Waals surface area contributed by atoms with E-state index in [0.29, 0.717) is 18.9 Å². The van der Waals surface area contributed by atoms with Gasteiger partial charge in [0.25, 0.3) is 0 Å². The maximum absolute atomic E-state index is 8.58. The molecule has 0 spiro atoms. The summed E-state index contributed by atoms with van der Waals surface area (Å²) in [5, 5.41) is 12.2. The second kappa shape index (κ2) is 10.5. The molecule has 138 valence electrons. The fraction of sp³-hybridized carbons (Fsp3) is 0.409. The third kappa shape index (κ3) is 6.09. The van der Waals surface area contributed by atoms with E-state index in [-0.39, 0.29) is 6.04 Å². The summed E-state index contributed by atoms with van der Waals surface area (Å²) >= 11 is 0. The van der Waals surface area contributed by atoms with Gasteiger partial charge >= 0.3 is 0 Å². The fourth-order valence-electron chi connectivity index (χ4n) is 2.86. The van der Waals surface area contributed by atoms with Gasteiger partial charge < -0.3 is 14.8 Å². The summed E-state index contributed by atoms with van der Waals surface area (Å²) in [4.78, 5) is 0. The third-order valence-corrected chi connectivity index (χ3v) is 4.27. The van der Waals surface area contributed by atoms with Crippen LogP contribution in [-0.2, 0) is 6.54 Å². The Labute approximate surface area is 156 Å². The van der Waals surface area contributed by atoms with Gasteiger partial charge in [0.15, 0.2) is 0 Å². The predicted octanol–water partition coefficient (Wildman–Crippen LogP) is 4.86. The Kier molecular flexibility index (Phi) is 7.98. The number of hydrogen-bond donors (Lipinski definition) is 1. The normalized spacial score (nSPS) is 11.8. The van der Waals surface area contributed by atoms with Gasteiger partial charge in [0, 0.05) is 19.0 Å². The molecule has 2 aromatic carbocycles. The smallest absolute Gasteiger partial charge is 0.119 e. The number of nitriles is 1. The molecule has 4 heteroatoms. The molecule has 0 saturated carbocycles. The van der Waals surface area contributed by atoms with Crippen molar-refractivity contribution < 1.29 is 9.47 Å². The van der Waals surface area contributed by atoms with Crippen molar-refractivity contribution in [2.45, 2.75) is 39.3 Å². The molecule has 0 amide bonds. The summed E-state index contributed by atoms with van der Waals surface area (Å²) in [5.41, 5.74) is 2.44. The van der Waals surface area contributed by atoms with Crippen LogP contribution in [0.25, 0.3) is 0 Å². The SMILES string of the molecule is COc1ccc(C(NCc2cccc(OCCCC#N)c2)C(C)C)cc1. The van der Waals surface area contributed by atoms with Crippen molar-refractivity contribution in [3.05, 3.63) is 59.7 Å². The van der Waals surface area contributed by atoms with Crippen LogP contribution in [0.5, 0.6) is 11.5 Å². The van der Waals surface area contributed by atoms with Crippen LogP contribution < -0.4 is 14.8 Å². The van der Waals surface area contributed by atoms with Crippen LogP contribution >= 0.6 is 0 Å². The van der Waals surface area contributed by atoms with Crippen molar-refractivity contribution in [3.63, 3.8) is 0 Å². The molecule has 0 aliphatic heterocycles. The molecule has 0 aliphatic rings. The molecule has 0 aromatic heterocycles. The minimum atomic E-state index is 0.265. The highest BCUT2D eigenvalue weighted by Crippen LogP contribution is 2.24. The topological polar surface area (TPSA) is 54.3 Å². The van der Waals surface area contributed by atoms with Crippen molar-refractivity contribution in [3.8, 4) is 17.6 Å². The molecule has 1 N–H and O–H groups in total. The number of unbranched alkanes of at least 4 members (excludes halogenated alkanes) is 1. The van der Waals surface area contributed by atoms with Gasteiger partial charge in [-0.05, 0) is 47.7 Å². The van der Waals surface area contributed by atoms with Crippen LogP contribution in [0, 0.1) is 17.2 Å². The first-order chi connectivity index (χ1) is 12.6. The Hall–Kier alpha value is -2.51. The zero-order valence-corrected chi connectivity index (χ0v) is 15.9. The molecular weight excluding hydrogens is 324 g/mol. The van der Waals surface area contributed by atoms with E-state index in [1.165, 1.54) is 11.1 Å². The van der Waals surface area contributed by atoms with Crippen LogP contribution in [0.1, 0.15) is 43.9 Å². The molecular formula is C22H28N2O2. The summed E-state index contributed by atoms with van der Waals surface area (Å²) in [6, 6.07) is 18.8. The van der Waals surface area contributed by atoms with Crippen LogP contribution in [0.4, 0.5) is 0 Å². The molecule has 2 aromatic rings. The number of methoxy groups -OCH3 is 1. The fourth-order valence-corrected chi connectivity index (χ4v) is 2.86. The predicted molar refractivity (Wildman–Crippen MR) is 104 cm³/mol. The van der Waals surface area contributed by atoms with E-state index in [9.17, 15) is 0 Å². The zero-order valence-electron chi connectivity index (χ0n) is 15.9. The lowest BCUT2D eigenvalue weighted by Gasteiger charge is -2.23. The van der Waals surface area contributed by atoms with Gasteiger partial charge in [0.05, 0.1) is 19.8 Å². The first kappa shape index (κ1) is 19.8. The van der Waals surface area contributed by atoms with Crippen molar-refractivity contribution >= 4 is 0 Å². The molecule has 0 radical (unpaired) electrons. The summed E-state index contributed by atoms with van der Waals surface area (Å²) in [6.07, 6.45) is 1.28. The molecule has 0 bridgehead atoms.